The van der Waals surface area contributed by atoms with Crippen LogP contribution in [0.15, 0.2) is 29.8 Å². The number of carboxylic acids is 1. The summed E-state index contributed by atoms with van der Waals surface area (Å²) in [5.41, 5.74) is 1.66. The molecule has 1 fully saturated rings. The van der Waals surface area contributed by atoms with E-state index < -0.39 is 18.2 Å². The third-order valence-electron chi connectivity index (χ3n) is 5.98. The van der Waals surface area contributed by atoms with Crippen LogP contribution in [0.25, 0.3) is 0 Å². The summed E-state index contributed by atoms with van der Waals surface area (Å²) in [5.74, 6) is -1.53. The average Bonchev–Trinajstić information content (AvgIpc) is 2.63. The highest BCUT2D eigenvalue weighted by molar-refractivity contribution is 6.33. The first-order valence-electron chi connectivity index (χ1n) is 9.31. The van der Waals surface area contributed by atoms with Crippen molar-refractivity contribution in [1.82, 2.24) is 0 Å². The Labute approximate surface area is 166 Å². The van der Waals surface area contributed by atoms with E-state index in [1.165, 1.54) is 18.2 Å². The molecule has 0 bridgehead atoms. The van der Waals surface area contributed by atoms with E-state index in [1.807, 2.05) is 4.90 Å². The number of benzene rings is 1. The maximum Gasteiger partial charge on any atom is 0.573 e. The first-order valence-corrected chi connectivity index (χ1v) is 9.68. The van der Waals surface area contributed by atoms with Crippen LogP contribution in [0.2, 0.25) is 5.02 Å². The summed E-state index contributed by atoms with van der Waals surface area (Å²) in [6.07, 6.45) is 1.67. The van der Waals surface area contributed by atoms with Crippen LogP contribution < -0.4 is 9.64 Å². The number of rotatable bonds is 4. The lowest BCUT2D eigenvalue weighted by Crippen LogP contribution is -2.41. The smallest absolute Gasteiger partial charge is 0.481 e. The lowest BCUT2D eigenvalue weighted by molar-refractivity contribution is -0.274. The zero-order valence-electron chi connectivity index (χ0n) is 15.6. The zero-order chi connectivity index (χ0) is 20.5. The molecule has 1 spiro atoms. The van der Waals surface area contributed by atoms with Crippen molar-refractivity contribution < 1.29 is 27.8 Å². The highest BCUT2D eigenvalue weighted by atomic mass is 35.5. The summed E-state index contributed by atoms with van der Waals surface area (Å²) in [7, 11) is 0. The van der Waals surface area contributed by atoms with Gasteiger partial charge in [-0.2, -0.15) is 0 Å². The third kappa shape index (κ3) is 4.74. The third-order valence-corrected chi connectivity index (χ3v) is 6.30. The van der Waals surface area contributed by atoms with Gasteiger partial charge in [0.05, 0.1) is 16.6 Å². The first-order chi connectivity index (χ1) is 13.1. The molecule has 8 heteroatoms. The molecular weight excluding hydrogens is 395 g/mol. The molecule has 2 aliphatic rings. The Morgan fingerprint density at radius 2 is 1.96 bits per heavy atom. The summed E-state index contributed by atoms with van der Waals surface area (Å²) < 4.78 is 41.5. The minimum Gasteiger partial charge on any atom is -0.481 e. The van der Waals surface area contributed by atoms with Gasteiger partial charge < -0.3 is 14.7 Å². The highest BCUT2D eigenvalue weighted by Gasteiger charge is 2.37. The largest absolute Gasteiger partial charge is 0.573 e. The molecule has 0 radical (unpaired) electrons. The van der Waals surface area contributed by atoms with E-state index in [0.29, 0.717) is 23.8 Å². The molecule has 1 aliphatic carbocycles. The summed E-state index contributed by atoms with van der Waals surface area (Å²) in [4.78, 5) is 13.2. The number of carbonyl (C=O) groups is 1. The molecule has 28 heavy (non-hydrogen) atoms. The second-order valence-electron chi connectivity index (χ2n) is 7.69. The Morgan fingerprint density at radius 3 is 2.50 bits per heavy atom. The van der Waals surface area contributed by atoms with Gasteiger partial charge in [0.15, 0.2) is 0 Å². The standard InChI is InChI=1S/C20H23ClF3NO3/c1-13(18(26)27)14-4-6-19(7-5-14)8-10-25(11-9-19)17-12-15(2-3-16(17)21)28-20(22,23)24/h2-4,12-13H,5-11H2,1H3,(H,26,27). The van der Waals surface area contributed by atoms with E-state index in [9.17, 15) is 23.1 Å². The molecule has 0 saturated carbocycles. The molecular formula is C20H23ClF3NO3. The number of ether oxygens (including phenoxy) is 1. The fraction of sp³-hybridized carbons (Fsp3) is 0.550. The van der Waals surface area contributed by atoms with E-state index in [-0.39, 0.29) is 11.2 Å². The van der Waals surface area contributed by atoms with Crippen molar-refractivity contribution in [2.45, 2.75) is 45.4 Å². The van der Waals surface area contributed by atoms with Crippen molar-refractivity contribution in [3.8, 4) is 5.75 Å². The Kier molecular flexibility index (Phi) is 5.84. The van der Waals surface area contributed by atoms with E-state index in [1.54, 1.807) is 6.92 Å². The topological polar surface area (TPSA) is 49.8 Å². The zero-order valence-corrected chi connectivity index (χ0v) is 16.3. The van der Waals surface area contributed by atoms with Gasteiger partial charge in [-0.25, -0.2) is 0 Å². The van der Waals surface area contributed by atoms with Crippen LogP contribution in [0, 0.1) is 11.3 Å². The quantitative estimate of drug-likeness (QED) is 0.642. The summed E-state index contributed by atoms with van der Waals surface area (Å²) in [6.45, 7) is 3.09. The molecule has 4 nitrogen and oxygen atoms in total. The van der Waals surface area contributed by atoms with E-state index in [2.05, 4.69) is 10.8 Å². The van der Waals surface area contributed by atoms with Gasteiger partial charge in [0, 0.05) is 19.2 Å². The summed E-state index contributed by atoms with van der Waals surface area (Å²) >= 11 is 6.22. The number of anilines is 1. The summed E-state index contributed by atoms with van der Waals surface area (Å²) in [6, 6.07) is 3.97. The van der Waals surface area contributed by atoms with Gasteiger partial charge in [-0.15, -0.1) is 13.2 Å². The average molecular weight is 418 g/mol. The van der Waals surface area contributed by atoms with Gasteiger partial charge in [0.1, 0.15) is 5.75 Å². The van der Waals surface area contributed by atoms with Crippen LogP contribution in [0.1, 0.15) is 39.0 Å². The molecule has 1 aromatic carbocycles. The van der Waals surface area contributed by atoms with Gasteiger partial charge in [-0.05, 0) is 56.6 Å². The molecule has 1 aromatic rings. The van der Waals surface area contributed by atoms with Gasteiger partial charge in [0.25, 0.3) is 0 Å². The molecule has 1 heterocycles. The molecule has 3 rings (SSSR count). The van der Waals surface area contributed by atoms with Gasteiger partial charge in [-0.1, -0.05) is 23.3 Å². The van der Waals surface area contributed by atoms with Crippen molar-refractivity contribution in [1.29, 1.82) is 0 Å². The summed E-state index contributed by atoms with van der Waals surface area (Å²) in [5, 5.41) is 9.57. The Hall–Kier alpha value is -1.89. The van der Waals surface area contributed by atoms with Crippen LogP contribution in [-0.4, -0.2) is 30.5 Å². The molecule has 1 atom stereocenters. The normalized spacial score (nSPS) is 20.6. The Bertz CT molecular complexity index is 770. The SMILES string of the molecule is CC(C(=O)O)C1=CCC2(CC1)CCN(c1cc(OC(F)(F)F)ccc1Cl)CC2. The molecule has 1 saturated heterocycles. The van der Waals surface area contributed by atoms with E-state index >= 15 is 0 Å². The molecule has 1 unspecified atom stereocenters. The highest BCUT2D eigenvalue weighted by Crippen LogP contribution is 2.46. The first kappa shape index (κ1) is 20.8. The molecule has 154 valence electrons. The predicted molar refractivity (Wildman–Crippen MR) is 101 cm³/mol. The maximum absolute atomic E-state index is 12.5. The fourth-order valence-corrected chi connectivity index (χ4v) is 4.36. The van der Waals surface area contributed by atoms with Crippen LogP contribution >= 0.6 is 11.6 Å². The number of allylic oxidation sites excluding steroid dienone is 1. The number of piperidine rings is 1. The van der Waals surface area contributed by atoms with Crippen molar-refractivity contribution in [3.05, 3.63) is 34.9 Å². The second kappa shape index (κ2) is 7.85. The second-order valence-corrected chi connectivity index (χ2v) is 8.10. The number of halogens is 4. The number of aliphatic carboxylic acids is 1. The van der Waals surface area contributed by atoms with Crippen molar-refractivity contribution in [2.75, 3.05) is 18.0 Å². The maximum atomic E-state index is 12.5. The lowest BCUT2D eigenvalue weighted by atomic mass is 9.67. The number of carboxylic acid groups (broad SMARTS) is 1. The Morgan fingerprint density at radius 1 is 1.29 bits per heavy atom. The molecule has 1 aliphatic heterocycles. The number of nitrogens with zero attached hydrogens (tertiary/aromatic N) is 1. The van der Waals surface area contributed by atoms with Gasteiger partial charge in [-0.3, -0.25) is 4.79 Å². The van der Waals surface area contributed by atoms with E-state index in [0.717, 1.165) is 37.7 Å². The van der Waals surface area contributed by atoms with Crippen LogP contribution in [0.3, 0.4) is 0 Å². The van der Waals surface area contributed by atoms with Crippen LogP contribution in [-0.2, 0) is 4.79 Å². The van der Waals surface area contributed by atoms with Crippen molar-refractivity contribution >= 4 is 23.3 Å². The van der Waals surface area contributed by atoms with E-state index in [4.69, 9.17) is 11.6 Å². The number of hydrogen-bond acceptors (Lipinski definition) is 3. The van der Waals surface area contributed by atoms with Crippen molar-refractivity contribution in [3.63, 3.8) is 0 Å². The molecule has 1 N–H and O–H groups in total. The van der Waals surface area contributed by atoms with Crippen LogP contribution in [0.4, 0.5) is 18.9 Å². The van der Waals surface area contributed by atoms with Gasteiger partial charge >= 0.3 is 12.3 Å². The Balaban J connectivity index is 1.66. The van der Waals surface area contributed by atoms with Crippen molar-refractivity contribution in [2.24, 2.45) is 11.3 Å². The number of hydrogen-bond donors (Lipinski definition) is 1. The lowest BCUT2D eigenvalue weighted by Gasteiger charge is -2.45. The molecule has 0 amide bonds. The monoisotopic (exact) mass is 417 g/mol. The van der Waals surface area contributed by atoms with Gasteiger partial charge in [0.2, 0.25) is 0 Å². The van der Waals surface area contributed by atoms with Crippen LogP contribution in [0.5, 0.6) is 5.75 Å². The fourth-order valence-electron chi connectivity index (χ4n) is 4.12. The minimum absolute atomic E-state index is 0.130. The predicted octanol–water partition coefficient (Wildman–Crippen LogP) is 5.66. The number of alkyl halides is 3. The molecule has 0 aromatic heterocycles. The minimum atomic E-state index is -4.74.